The SMILES string of the molecule is N#Cc1cc(C#N)cc(-c2cc(-c3ccc4oc5ccccc5c4c3)c(C#N)c(-c3cccc4c3oc3ccccc34)c2)c1. The molecule has 0 N–H and O–H groups in total. The lowest BCUT2D eigenvalue weighted by Crippen LogP contribution is -1.94. The van der Waals surface area contributed by atoms with Crippen LogP contribution in [0.15, 0.2) is 124 Å². The van der Waals surface area contributed by atoms with Crippen molar-refractivity contribution in [3.63, 3.8) is 0 Å². The van der Waals surface area contributed by atoms with E-state index in [0.29, 0.717) is 33.4 Å². The Morgan fingerprint density at radius 1 is 0.409 bits per heavy atom. The number of hydrogen-bond acceptors (Lipinski definition) is 5. The van der Waals surface area contributed by atoms with E-state index in [0.717, 1.165) is 60.5 Å². The summed E-state index contributed by atoms with van der Waals surface area (Å²) in [5.74, 6) is 0. The normalized spacial score (nSPS) is 11.1. The van der Waals surface area contributed by atoms with Crippen LogP contribution in [0.3, 0.4) is 0 Å². The monoisotopic (exact) mass is 561 g/mol. The van der Waals surface area contributed by atoms with Gasteiger partial charge in [0.15, 0.2) is 0 Å². The molecule has 0 bridgehead atoms. The van der Waals surface area contributed by atoms with Crippen LogP contribution in [-0.4, -0.2) is 0 Å². The number of furan rings is 2. The third-order valence-electron chi connectivity index (χ3n) is 8.16. The first kappa shape index (κ1) is 25.1. The van der Waals surface area contributed by atoms with Crippen molar-refractivity contribution in [1.29, 1.82) is 15.8 Å². The van der Waals surface area contributed by atoms with Crippen LogP contribution in [0.1, 0.15) is 16.7 Å². The van der Waals surface area contributed by atoms with Gasteiger partial charge in [-0.05, 0) is 71.3 Å². The molecule has 5 heteroatoms. The molecule has 0 radical (unpaired) electrons. The van der Waals surface area contributed by atoms with Gasteiger partial charge in [-0.3, -0.25) is 0 Å². The zero-order chi connectivity index (χ0) is 29.8. The van der Waals surface area contributed by atoms with Crippen LogP contribution < -0.4 is 0 Å². The second-order valence-electron chi connectivity index (χ2n) is 10.7. The first-order valence-electron chi connectivity index (χ1n) is 14.0. The van der Waals surface area contributed by atoms with Crippen molar-refractivity contribution < 1.29 is 8.83 Å². The summed E-state index contributed by atoms with van der Waals surface area (Å²) in [6, 6.07) is 43.5. The Labute approximate surface area is 251 Å². The van der Waals surface area contributed by atoms with Gasteiger partial charge in [0.2, 0.25) is 0 Å². The number of nitrogens with zero attached hydrogens (tertiary/aromatic N) is 3. The average molecular weight is 562 g/mol. The van der Waals surface area contributed by atoms with Gasteiger partial charge in [-0.25, -0.2) is 0 Å². The number of fused-ring (bicyclic) bond motifs is 6. The first-order valence-corrected chi connectivity index (χ1v) is 14.0. The van der Waals surface area contributed by atoms with Crippen molar-refractivity contribution in [3.05, 3.63) is 132 Å². The molecule has 2 heterocycles. The highest BCUT2D eigenvalue weighted by atomic mass is 16.3. The van der Waals surface area contributed by atoms with Crippen molar-refractivity contribution in [3.8, 4) is 51.6 Å². The van der Waals surface area contributed by atoms with Gasteiger partial charge < -0.3 is 8.83 Å². The van der Waals surface area contributed by atoms with Crippen LogP contribution in [0.25, 0.3) is 77.3 Å². The molecule has 0 aliphatic rings. The average Bonchev–Trinajstić information content (AvgIpc) is 3.65. The Hall–Kier alpha value is -6.61. The summed E-state index contributed by atoms with van der Waals surface area (Å²) in [4.78, 5) is 0. The third kappa shape index (κ3) is 3.84. The standard InChI is InChI=1S/C39H19N3O2/c40-20-23-14-24(21-41)16-26(15-23)27-18-32(25-12-13-38-34(17-25)29-7-2-3-10-36(29)43-38)35(22-42)33(19-27)31-9-5-8-30-28-6-1-4-11-37(28)44-39(30)31/h1-19H. The van der Waals surface area contributed by atoms with E-state index in [2.05, 4.69) is 24.3 Å². The zero-order valence-electron chi connectivity index (χ0n) is 23.1. The maximum Gasteiger partial charge on any atom is 0.143 e. The van der Waals surface area contributed by atoms with Crippen LogP contribution >= 0.6 is 0 Å². The fourth-order valence-electron chi connectivity index (χ4n) is 6.15. The highest BCUT2D eigenvalue weighted by molar-refractivity contribution is 6.11. The fourth-order valence-corrected chi connectivity index (χ4v) is 6.15. The summed E-state index contributed by atoms with van der Waals surface area (Å²) in [5, 5.41) is 34.0. The fraction of sp³-hybridized carbons (Fsp3) is 0. The molecule has 0 aliphatic heterocycles. The molecule has 2 aromatic heterocycles. The Balaban J connectivity index is 1.46. The molecule has 0 aliphatic carbocycles. The molecule has 8 rings (SSSR count). The van der Waals surface area contributed by atoms with Gasteiger partial charge in [-0.15, -0.1) is 0 Å². The molecule has 5 nitrogen and oxygen atoms in total. The van der Waals surface area contributed by atoms with Crippen LogP contribution in [0.5, 0.6) is 0 Å². The molecule has 202 valence electrons. The molecule has 6 aromatic carbocycles. The number of benzene rings is 6. The van der Waals surface area contributed by atoms with E-state index in [9.17, 15) is 15.8 Å². The van der Waals surface area contributed by atoms with E-state index in [-0.39, 0.29) is 0 Å². The van der Waals surface area contributed by atoms with Gasteiger partial charge in [0.25, 0.3) is 0 Å². The van der Waals surface area contributed by atoms with E-state index in [1.807, 2.05) is 91.0 Å². The maximum absolute atomic E-state index is 10.7. The Morgan fingerprint density at radius 2 is 1.02 bits per heavy atom. The lowest BCUT2D eigenvalue weighted by molar-refractivity contribution is 0.669. The predicted molar refractivity (Wildman–Crippen MR) is 171 cm³/mol. The number of hydrogen-bond donors (Lipinski definition) is 0. The first-order chi connectivity index (χ1) is 21.6. The molecule has 0 amide bonds. The lowest BCUT2D eigenvalue weighted by Gasteiger charge is -2.15. The molecule has 0 saturated heterocycles. The van der Waals surface area contributed by atoms with Crippen molar-refractivity contribution in [2.45, 2.75) is 0 Å². The summed E-state index contributed by atoms with van der Waals surface area (Å²) in [6.07, 6.45) is 0. The van der Waals surface area contributed by atoms with E-state index >= 15 is 0 Å². The smallest absolute Gasteiger partial charge is 0.143 e. The number of nitriles is 3. The van der Waals surface area contributed by atoms with Crippen LogP contribution in [-0.2, 0) is 0 Å². The number of rotatable bonds is 3. The van der Waals surface area contributed by atoms with E-state index in [4.69, 9.17) is 8.83 Å². The van der Waals surface area contributed by atoms with Crippen LogP contribution in [0.2, 0.25) is 0 Å². The second-order valence-corrected chi connectivity index (χ2v) is 10.7. The Bertz CT molecular complexity index is 2570. The molecule has 0 spiro atoms. The second kappa shape index (κ2) is 9.74. The molecule has 0 unspecified atom stereocenters. The minimum Gasteiger partial charge on any atom is -0.456 e. The van der Waals surface area contributed by atoms with Crippen molar-refractivity contribution in [1.82, 2.24) is 0 Å². The molecule has 0 atom stereocenters. The molecule has 0 saturated carbocycles. The highest BCUT2D eigenvalue weighted by Crippen LogP contribution is 2.43. The summed E-state index contributed by atoms with van der Waals surface area (Å²) in [7, 11) is 0. The number of para-hydroxylation sites is 3. The van der Waals surface area contributed by atoms with Gasteiger partial charge in [-0.2, -0.15) is 15.8 Å². The largest absolute Gasteiger partial charge is 0.456 e. The molecule has 8 aromatic rings. The Kier molecular flexibility index (Phi) is 5.56. The topological polar surface area (TPSA) is 97.6 Å². The zero-order valence-corrected chi connectivity index (χ0v) is 23.1. The molecule has 0 fully saturated rings. The van der Waals surface area contributed by atoms with E-state index in [1.165, 1.54) is 0 Å². The van der Waals surface area contributed by atoms with Gasteiger partial charge >= 0.3 is 0 Å². The van der Waals surface area contributed by atoms with Gasteiger partial charge in [0, 0.05) is 38.2 Å². The van der Waals surface area contributed by atoms with Crippen molar-refractivity contribution in [2.75, 3.05) is 0 Å². The minimum atomic E-state index is 0.386. The quantitative estimate of drug-likeness (QED) is 0.214. The third-order valence-corrected chi connectivity index (χ3v) is 8.16. The summed E-state index contributed by atoms with van der Waals surface area (Å²) >= 11 is 0. The predicted octanol–water partition coefficient (Wildman–Crippen LogP) is 10.1. The lowest BCUT2D eigenvalue weighted by atomic mass is 9.87. The van der Waals surface area contributed by atoms with E-state index < -0.39 is 0 Å². The van der Waals surface area contributed by atoms with Crippen molar-refractivity contribution in [2.24, 2.45) is 0 Å². The Morgan fingerprint density at radius 3 is 1.75 bits per heavy atom. The summed E-state index contributed by atoms with van der Waals surface area (Å²) in [5.41, 5.74) is 8.80. The molecular formula is C39H19N3O2. The van der Waals surface area contributed by atoms with Gasteiger partial charge in [0.1, 0.15) is 28.4 Å². The molecule has 44 heavy (non-hydrogen) atoms. The van der Waals surface area contributed by atoms with Gasteiger partial charge in [-0.1, -0.05) is 60.7 Å². The van der Waals surface area contributed by atoms with Gasteiger partial charge in [0.05, 0.1) is 28.8 Å². The van der Waals surface area contributed by atoms with Crippen molar-refractivity contribution >= 4 is 43.9 Å². The van der Waals surface area contributed by atoms with Crippen LogP contribution in [0.4, 0.5) is 0 Å². The highest BCUT2D eigenvalue weighted by Gasteiger charge is 2.20. The summed E-state index contributed by atoms with van der Waals surface area (Å²) in [6.45, 7) is 0. The van der Waals surface area contributed by atoms with E-state index in [1.54, 1.807) is 18.2 Å². The summed E-state index contributed by atoms with van der Waals surface area (Å²) < 4.78 is 12.5. The minimum absolute atomic E-state index is 0.386. The maximum atomic E-state index is 10.7. The van der Waals surface area contributed by atoms with Crippen LogP contribution in [0, 0.1) is 34.0 Å². The molecular weight excluding hydrogens is 542 g/mol.